The van der Waals surface area contributed by atoms with Crippen molar-refractivity contribution in [3.63, 3.8) is 0 Å². The van der Waals surface area contributed by atoms with Gasteiger partial charge in [-0.1, -0.05) is 20.8 Å². The van der Waals surface area contributed by atoms with E-state index in [2.05, 4.69) is 31.0 Å². The van der Waals surface area contributed by atoms with Crippen LogP contribution >= 0.6 is 0 Å². The first-order chi connectivity index (χ1) is 8.11. The molecule has 1 unspecified atom stereocenters. The summed E-state index contributed by atoms with van der Waals surface area (Å²) in [5, 5.41) is 3.70. The summed E-state index contributed by atoms with van der Waals surface area (Å²) in [6.45, 7) is 11.0. The minimum Gasteiger partial charge on any atom is -0.312 e. The molecule has 1 N–H and O–H groups in total. The molecule has 0 aromatic heterocycles. The average molecular weight is 238 g/mol. The molecule has 0 amide bonds. The summed E-state index contributed by atoms with van der Waals surface area (Å²) in [5.41, 5.74) is 0.566. The van der Waals surface area contributed by atoms with Gasteiger partial charge in [0.15, 0.2) is 0 Å². The molecule has 1 saturated heterocycles. The van der Waals surface area contributed by atoms with Crippen molar-refractivity contribution in [1.82, 2.24) is 10.2 Å². The minimum absolute atomic E-state index is 0.566. The lowest BCUT2D eigenvalue weighted by molar-refractivity contribution is 0.185. The summed E-state index contributed by atoms with van der Waals surface area (Å²) in [6, 6.07) is 1.62. The number of likely N-dealkylation sites (tertiary alicyclic amines) is 1. The first kappa shape index (κ1) is 13.4. The molecule has 2 fully saturated rings. The fourth-order valence-corrected chi connectivity index (χ4v) is 2.93. The first-order valence-electron chi connectivity index (χ1n) is 7.58. The van der Waals surface area contributed by atoms with Gasteiger partial charge in [-0.15, -0.1) is 0 Å². The fraction of sp³-hybridized carbons (Fsp3) is 1.00. The van der Waals surface area contributed by atoms with Crippen molar-refractivity contribution < 1.29 is 0 Å². The molecule has 1 saturated carbocycles. The van der Waals surface area contributed by atoms with E-state index in [0.717, 1.165) is 12.1 Å². The number of hydrogen-bond donors (Lipinski definition) is 1. The van der Waals surface area contributed by atoms with Crippen molar-refractivity contribution in [2.45, 2.75) is 71.4 Å². The van der Waals surface area contributed by atoms with Crippen molar-refractivity contribution in [2.24, 2.45) is 5.41 Å². The van der Waals surface area contributed by atoms with Gasteiger partial charge in [0.2, 0.25) is 0 Å². The monoisotopic (exact) mass is 238 g/mol. The smallest absolute Gasteiger partial charge is 0.0218 e. The van der Waals surface area contributed by atoms with Crippen LogP contribution in [0.15, 0.2) is 0 Å². The molecule has 1 atom stereocenters. The standard InChI is InChI=1S/C15H30N2/c1-4-14(12-16-13-6-7-13)17-10-5-8-15(2,3)9-11-17/h13-14,16H,4-12H2,1-3H3. The van der Waals surface area contributed by atoms with Gasteiger partial charge in [0.05, 0.1) is 0 Å². The molecule has 2 nitrogen and oxygen atoms in total. The third kappa shape index (κ3) is 4.26. The Hall–Kier alpha value is -0.0800. The van der Waals surface area contributed by atoms with Gasteiger partial charge in [-0.3, -0.25) is 4.90 Å². The van der Waals surface area contributed by atoms with Crippen molar-refractivity contribution >= 4 is 0 Å². The Bertz CT molecular complexity index is 233. The number of nitrogens with zero attached hydrogens (tertiary/aromatic N) is 1. The van der Waals surface area contributed by atoms with Crippen molar-refractivity contribution in [2.75, 3.05) is 19.6 Å². The minimum atomic E-state index is 0.566. The van der Waals surface area contributed by atoms with Gasteiger partial charge in [0.25, 0.3) is 0 Å². The number of nitrogens with one attached hydrogen (secondary N) is 1. The van der Waals surface area contributed by atoms with Crippen LogP contribution in [-0.4, -0.2) is 36.6 Å². The zero-order chi connectivity index (χ0) is 12.3. The van der Waals surface area contributed by atoms with E-state index in [9.17, 15) is 0 Å². The zero-order valence-electron chi connectivity index (χ0n) is 12.0. The Kier molecular flexibility index (Phi) is 4.48. The largest absolute Gasteiger partial charge is 0.312 e. The van der Waals surface area contributed by atoms with Crippen molar-refractivity contribution in [3.05, 3.63) is 0 Å². The van der Waals surface area contributed by atoms with Gasteiger partial charge in [0, 0.05) is 18.6 Å². The van der Waals surface area contributed by atoms with Crippen molar-refractivity contribution in [1.29, 1.82) is 0 Å². The van der Waals surface area contributed by atoms with Crippen LogP contribution in [-0.2, 0) is 0 Å². The van der Waals surface area contributed by atoms with Gasteiger partial charge in [-0.25, -0.2) is 0 Å². The summed E-state index contributed by atoms with van der Waals surface area (Å²) < 4.78 is 0. The predicted octanol–water partition coefficient (Wildman–Crippen LogP) is 3.03. The normalized spacial score (nSPS) is 27.7. The maximum absolute atomic E-state index is 3.70. The van der Waals surface area contributed by atoms with E-state index < -0.39 is 0 Å². The average Bonchev–Trinajstić information content (AvgIpc) is 3.09. The second kappa shape index (κ2) is 5.71. The third-order valence-corrected chi connectivity index (χ3v) is 4.58. The van der Waals surface area contributed by atoms with E-state index in [1.54, 1.807) is 0 Å². The molecular weight excluding hydrogens is 208 g/mol. The van der Waals surface area contributed by atoms with E-state index in [1.165, 1.54) is 58.2 Å². The molecule has 2 aliphatic rings. The molecular formula is C15H30N2. The first-order valence-corrected chi connectivity index (χ1v) is 7.58. The third-order valence-electron chi connectivity index (χ3n) is 4.58. The number of hydrogen-bond acceptors (Lipinski definition) is 2. The summed E-state index contributed by atoms with van der Waals surface area (Å²) in [6.07, 6.45) is 8.25. The molecule has 1 aliphatic heterocycles. The van der Waals surface area contributed by atoms with Crippen LogP contribution < -0.4 is 5.32 Å². The lowest BCUT2D eigenvalue weighted by Crippen LogP contribution is -2.43. The van der Waals surface area contributed by atoms with Crippen LogP contribution in [0.1, 0.15) is 59.3 Å². The van der Waals surface area contributed by atoms with Crippen LogP contribution in [0, 0.1) is 5.41 Å². The maximum Gasteiger partial charge on any atom is 0.0218 e. The fourth-order valence-electron chi connectivity index (χ4n) is 2.93. The van der Waals surface area contributed by atoms with Gasteiger partial charge < -0.3 is 5.32 Å². The van der Waals surface area contributed by atoms with Gasteiger partial charge >= 0.3 is 0 Å². The Balaban J connectivity index is 1.80. The van der Waals surface area contributed by atoms with E-state index in [-0.39, 0.29) is 0 Å². The quantitative estimate of drug-likeness (QED) is 0.792. The second-order valence-corrected chi connectivity index (χ2v) is 6.80. The molecule has 1 heterocycles. The molecule has 100 valence electrons. The van der Waals surface area contributed by atoms with Crippen LogP contribution in [0.3, 0.4) is 0 Å². The molecule has 1 aliphatic carbocycles. The molecule has 2 heteroatoms. The lowest BCUT2D eigenvalue weighted by atomic mass is 9.85. The Morgan fingerprint density at radius 2 is 2.00 bits per heavy atom. The molecule has 17 heavy (non-hydrogen) atoms. The van der Waals surface area contributed by atoms with E-state index in [4.69, 9.17) is 0 Å². The Morgan fingerprint density at radius 3 is 2.65 bits per heavy atom. The predicted molar refractivity (Wildman–Crippen MR) is 74.3 cm³/mol. The summed E-state index contributed by atoms with van der Waals surface area (Å²) in [7, 11) is 0. The van der Waals surface area contributed by atoms with Gasteiger partial charge in [-0.05, 0) is 57.0 Å². The van der Waals surface area contributed by atoms with E-state index >= 15 is 0 Å². The molecule has 0 spiro atoms. The highest BCUT2D eigenvalue weighted by atomic mass is 15.2. The summed E-state index contributed by atoms with van der Waals surface area (Å²) in [4.78, 5) is 2.74. The summed E-state index contributed by atoms with van der Waals surface area (Å²) in [5.74, 6) is 0. The molecule has 0 radical (unpaired) electrons. The SMILES string of the molecule is CCC(CNC1CC1)N1CCCC(C)(C)CC1. The van der Waals surface area contributed by atoms with Gasteiger partial charge in [0.1, 0.15) is 0 Å². The van der Waals surface area contributed by atoms with Crippen LogP contribution in [0.5, 0.6) is 0 Å². The maximum atomic E-state index is 3.70. The van der Waals surface area contributed by atoms with E-state index in [1.807, 2.05) is 0 Å². The lowest BCUT2D eigenvalue weighted by Gasteiger charge is -2.31. The second-order valence-electron chi connectivity index (χ2n) is 6.80. The highest BCUT2D eigenvalue weighted by Gasteiger charge is 2.27. The van der Waals surface area contributed by atoms with Crippen LogP contribution in [0.2, 0.25) is 0 Å². The molecule has 0 bridgehead atoms. The highest BCUT2D eigenvalue weighted by molar-refractivity contribution is 4.85. The highest BCUT2D eigenvalue weighted by Crippen LogP contribution is 2.30. The van der Waals surface area contributed by atoms with Gasteiger partial charge in [-0.2, -0.15) is 0 Å². The topological polar surface area (TPSA) is 15.3 Å². The molecule has 0 aromatic rings. The Morgan fingerprint density at radius 1 is 1.24 bits per heavy atom. The molecule has 2 rings (SSSR count). The zero-order valence-corrected chi connectivity index (χ0v) is 12.0. The Labute approximate surface area is 107 Å². The number of rotatable bonds is 5. The van der Waals surface area contributed by atoms with E-state index in [0.29, 0.717) is 5.41 Å². The van der Waals surface area contributed by atoms with Crippen molar-refractivity contribution in [3.8, 4) is 0 Å². The van der Waals surface area contributed by atoms with Crippen LogP contribution in [0.4, 0.5) is 0 Å². The molecule has 0 aromatic carbocycles. The summed E-state index contributed by atoms with van der Waals surface area (Å²) >= 11 is 0. The van der Waals surface area contributed by atoms with Crippen LogP contribution in [0.25, 0.3) is 0 Å².